The number of hydrogen-bond donors (Lipinski definition) is 2. The zero-order valence-corrected chi connectivity index (χ0v) is 12.2. The normalized spacial score (nSPS) is 17.8. The Bertz CT molecular complexity index is 571. The highest BCUT2D eigenvalue weighted by molar-refractivity contribution is 6.07. The molecule has 1 aliphatic rings. The second-order valence-corrected chi connectivity index (χ2v) is 5.13. The van der Waals surface area contributed by atoms with Crippen LogP contribution in [0.15, 0.2) is 24.3 Å². The minimum atomic E-state index is -0.505. The molecule has 0 spiro atoms. The van der Waals surface area contributed by atoms with Crippen molar-refractivity contribution in [3.8, 4) is 0 Å². The van der Waals surface area contributed by atoms with Crippen LogP contribution < -0.4 is 10.6 Å². The largest absolute Gasteiger partial charge is 0.326 e. The molecule has 1 aliphatic heterocycles. The van der Waals surface area contributed by atoms with E-state index in [9.17, 15) is 14.4 Å². The number of anilines is 1. The van der Waals surface area contributed by atoms with E-state index in [1.807, 2.05) is 32.0 Å². The number of amides is 4. The first kappa shape index (κ1) is 15.0. The highest BCUT2D eigenvalue weighted by atomic mass is 16.2. The van der Waals surface area contributed by atoms with Gasteiger partial charge < -0.3 is 10.6 Å². The molecule has 1 aromatic carbocycles. The van der Waals surface area contributed by atoms with Crippen molar-refractivity contribution >= 4 is 23.5 Å². The van der Waals surface area contributed by atoms with Crippen molar-refractivity contribution in [1.82, 2.24) is 10.2 Å². The summed E-state index contributed by atoms with van der Waals surface area (Å²) in [7, 11) is 0. The fourth-order valence-electron chi connectivity index (χ4n) is 2.28. The third-order valence-corrected chi connectivity index (χ3v) is 3.29. The maximum Gasteiger partial charge on any atom is 0.325 e. The molecule has 0 radical (unpaired) electrons. The van der Waals surface area contributed by atoms with Crippen molar-refractivity contribution in [1.29, 1.82) is 0 Å². The van der Waals surface area contributed by atoms with Gasteiger partial charge in [0.1, 0.15) is 12.6 Å². The summed E-state index contributed by atoms with van der Waals surface area (Å²) in [5, 5.41) is 5.28. The molecule has 6 nitrogen and oxygen atoms in total. The summed E-state index contributed by atoms with van der Waals surface area (Å²) in [4.78, 5) is 36.7. The number of benzene rings is 1. The Hall–Kier alpha value is -2.37. The van der Waals surface area contributed by atoms with E-state index in [2.05, 4.69) is 10.6 Å². The third-order valence-electron chi connectivity index (χ3n) is 3.29. The van der Waals surface area contributed by atoms with Crippen LogP contribution in [0, 0.1) is 6.92 Å². The summed E-state index contributed by atoms with van der Waals surface area (Å²) in [6.07, 6.45) is 1.38. The van der Waals surface area contributed by atoms with Crippen LogP contribution in [-0.2, 0) is 9.59 Å². The number of imide groups is 1. The Balaban J connectivity index is 1.96. The Morgan fingerprint density at radius 3 is 2.81 bits per heavy atom. The molecule has 2 N–H and O–H groups in total. The molecule has 1 atom stereocenters. The van der Waals surface area contributed by atoms with Gasteiger partial charge in [-0.2, -0.15) is 0 Å². The number of hydrogen-bond acceptors (Lipinski definition) is 3. The molecule has 1 aromatic rings. The van der Waals surface area contributed by atoms with E-state index in [1.165, 1.54) is 0 Å². The molecular weight excluding hydrogens is 270 g/mol. The van der Waals surface area contributed by atoms with Gasteiger partial charge in [-0.25, -0.2) is 4.79 Å². The lowest BCUT2D eigenvalue weighted by molar-refractivity contribution is -0.130. The van der Waals surface area contributed by atoms with Gasteiger partial charge in [-0.3, -0.25) is 14.5 Å². The molecule has 0 aromatic heterocycles. The number of nitrogens with one attached hydrogen (secondary N) is 2. The molecule has 1 heterocycles. The van der Waals surface area contributed by atoms with Crippen molar-refractivity contribution in [2.45, 2.75) is 32.7 Å². The SMILES string of the molecule is CCC[C@H]1NC(=O)N(CC(=O)Nc2cccc(C)c2)C1=O. The Morgan fingerprint density at radius 1 is 1.38 bits per heavy atom. The van der Waals surface area contributed by atoms with Crippen molar-refractivity contribution in [3.63, 3.8) is 0 Å². The summed E-state index contributed by atoms with van der Waals surface area (Å²) in [6.45, 7) is 3.59. The molecular formula is C15H19N3O3. The smallest absolute Gasteiger partial charge is 0.325 e. The average Bonchev–Trinajstić information content (AvgIpc) is 2.67. The van der Waals surface area contributed by atoms with Crippen LogP contribution in [0.25, 0.3) is 0 Å². The van der Waals surface area contributed by atoms with E-state index in [4.69, 9.17) is 0 Å². The standard InChI is InChI=1S/C15H19N3O3/c1-3-5-12-14(20)18(15(21)17-12)9-13(19)16-11-7-4-6-10(2)8-11/h4,6-8,12H,3,5,9H2,1-2H3,(H,16,19)(H,17,21)/t12-/m1/s1. The highest BCUT2D eigenvalue weighted by Crippen LogP contribution is 2.12. The zero-order chi connectivity index (χ0) is 15.4. The first-order valence-corrected chi connectivity index (χ1v) is 6.99. The highest BCUT2D eigenvalue weighted by Gasteiger charge is 2.38. The van der Waals surface area contributed by atoms with Gasteiger partial charge in [0, 0.05) is 5.69 Å². The van der Waals surface area contributed by atoms with E-state index in [-0.39, 0.29) is 18.4 Å². The van der Waals surface area contributed by atoms with Crippen LogP contribution in [0.2, 0.25) is 0 Å². The zero-order valence-electron chi connectivity index (χ0n) is 12.2. The van der Waals surface area contributed by atoms with Gasteiger partial charge in [0.2, 0.25) is 5.91 Å². The quantitative estimate of drug-likeness (QED) is 0.809. The molecule has 112 valence electrons. The second kappa shape index (κ2) is 6.39. The minimum absolute atomic E-state index is 0.265. The lowest BCUT2D eigenvalue weighted by Crippen LogP contribution is -2.38. The molecule has 6 heteroatoms. The molecule has 0 bridgehead atoms. The molecule has 21 heavy (non-hydrogen) atoms. The van der Waals surface area contributed by atoms with Gasteiger partial charge in [0.05, 0.1) is 0 Å². The summed E-state index contributed by atoms with van der Waals surface area (Å²) in [6, 6.07) is 6.32. The van der Waals surface area contributed by atoms with Gasteiger partial charge in [-0.05, 0) is 31.0 Å². The van der Waals surface area contributed by atoms with Gasteiger partial charge in [-0.1, -0.05) is 25.5 Å². The molecule has 2 rings (SSSR count). The van der Waals surface area contributed by atoms with Crippen molar-refractivity contribution < 1.29 is 14.4 Å². The lowest BCUT2D eigenvalue weighted by atomic mass is 10.2. The van der Waals surface area contributed by atoms with Gasteiger partial charge >= 0.3 is 6.03 Å². The number of rotatable bonds is 5. The molecule has 0 saturated carbocycles. The Morgan fingerprint density at radius 2 is 2.14 bits per heavy atom. The number of urea groups is 1. The predicted molar refractivity (Wildman–Crippen MR) is 78.7 cm³/mol. The molecule has 0 unspecified atom stereocenters. The van der Waals surface area contributed by atoms with E-state index in [0.717, 1.165) is 16.9 Å². The van der Waals surface area contributed by atoms with E-state index < -0.39 is 12.1 Å². The monoisotopic (exact) mass is 289 g/mol. The summed E-state index contributed by atoms with van der Waals surface area (Å²) in [5.41, 5.74) is 1.67. The van der Waals surface area contributed by atoms with Crippen molar-refractivity contribution in [2.75, 3.05) is 11.9 Å². The molecule has 4 amide bonds. The van der Waals surface area contributed by atoms with Gasteiger partial charge in [-0.15, -0.1) is 0 Å². The third kappa shape index (κ3) is 3.59. The molecule has 1 saturated heterocycles. The summed E-state index contributed by atoms with van der Waals surface area (Å²) >= 11 is 0. The fourth-order valence-corrected chi connectivity index (χ4v) is 2.28. The van der Waals surface area contributed by atoms with Gasteiger partial charge in [0.15, 0.2) is 0 Å². The van der Waals surface area contributed by atoms with E-state index in [0.29, 0.717) is 12.1 Å². The second-order valence-electron chi connectivity index (χ2n) is 5.13. The van der Waals surface area contributed by atoms with Crippen molar-refractivity contribution in [2.24, 2.45) is 0 Å². The predicted octanol–water partition coefficient (Wildman–Crippen LogP) is 1.65. The van der Waals surface area contributed by atoms with Crippen LogP contribution >= 0.6 is 0 Å². The van der Waals surface area contributed by atoms with Crippen LogP contribution in [-0.4, -0.2) is 35.3 Å². The maximum absolute atomic E-state index is 12.0. The summed E-state index contributed by atoms with van der Waals surface area (Å²) < 4.78 is 0. The maximum atomic E-state index is 12.0. The minimum Gasteiger partial charge on any atom is -0.326 e. The number of carbonyl (C=O) groups excluding carboxylic acids is 3. The lowest BCUT2D eigenvalue weighted by Gasteiger charge is -2.13. The van der Waals surface area contributed by atoms with Crippen LogP contribution in [0.3, 0.4) is 0 Å². The van der Waals surface area contributed by atoms with Crippen LogP contribution in [0.4, 0.5) is 10.5 Å². The Labute approximate surface area is 123 Å². The number of aryl methyl sites for hydroxylation is 1. The van der Waals surface area contributed by atoms with Crippen molar-refractivity contribution in [3.05, 3.63) is 29.8 Å². The average molecular weight is 289 g/mol. The van der Waals surface area contributed by atoms with Gasteiger partial charge in [0.25, 0.3) is 5.91 Å². The number of carbonyl (C=O) groups is 3. The van der Waals surface area contributed by atoms with E-state index >= 15 is 0 Å². The molecule has 0 aliphatic carbocycles. The van der Waals surface area contributed by atoms with E-state index in [1.54, 1.807) is 6.07 Å². The Kier molecular flexibility index (Phi) is 4.57. The first-order chi connectivity index (χ1) is 10.0. The topological polar surface area (TPSA) is 78.5 Å². The van der Waals surface area contributed by atoms with Crippen LogP contribution in [0.5, 0.6) is 0 Å². The number of nitrogens with zero attached hydrogens (tertiary/aromatic N) is 1. The first-order valence-electron chi connectivity index (χ1n) is 6.99. The summed E-state index contributed by atoms with van der Waals surface area (Å²) in [5.74, 6) is -0.720. The van der Waals surface area contributed by atoms with Crippen LogP contribution in [0.1, 0.15) is 25.3 Å². The molecule has 1 fully saturated rings. The fraction of sp³-hybridized carbons (Fsp3) is 0.400.